The quantitative estimate of drug-likeness (QED) is 0.718. The number of hydrogen-bond donors (Lipinski definition) is 0. The second-order valence-corrected chi connectivity index (χ2v) is 6.21. The highest BCUT2D eigenvalue weighted by Gasteiger charge is 2.29. The van der Waals surface area contributed by atoms with Crippen LogP contribution in [0, 0.1) is 13.8 Å². The Labute approximate surface area is 145 Å². The predicted octanol–water partition coefficient (Wildman–Crippen LogP) is 2.34. The number of methoxy groups -OCH3 is 1. The van der Waals surface area contributed by atoms with Crippen molar-refractivity contribution in [2.45, 2.75) is 26.7 Å². The van der Waals surface area contributed by atoms with E-state index in [1.165, 1.54) is 0 Å². The summed E-state index contributed by atoms with van der Waals surface area (Å²) in [4.78, 5) is 23.5. The maximum absolute atomic E-state index is 13.1. The molecular formula is C18H19N5O2. The maximum atomic E-state index is 13.1. The Kier molecular flexibility index (Phi) is 3.63. The second-order valence-electron chi connectivity index (χ2n) is 6.21. The summed E-state index contributed by atoms with van der Waals surface area (Å²) in [6, 6.07) is 7.76. The van der Waals surface area contributed by atoms with Crippen molar-refractivity contribution in [2.75, 3.05) is 18.6 Å². The van der Waals surface area contributed by atoms with Crippen LogP contribution in [0.3, 0.4) is 0 Å². The minimum atomic E-state index is -0.229. The summed E-state index contributed by atoms with van der Waals surface area (Å²) in [7, 11) is 1.62. The van der Waals surface area contributed by atoms with Gasteiger partial charge in [0.15, 0.2) is 0 Å². The molecule has 0 radical (unpaired) electrons. The molecule has 0 aliphatic carbocycles. The molecule has 0 bridgehead atoms. The monoisotopic (exact) mass is 337 g/mol. The van der Waals surface area contributed by atoms with Crippen LogP contribution in [0.2, 0.25) is 0 Å². The molecule has 0 saturated heterocycles. The molecule has 0 atom stereocenters. The normalized spacial score (nSPS) is 13.8. The lowest BCUT2D eigenvalue weighted by atomic mass is 10.0. The van der Waals surface area contributed by atoms with Crippen LogP contribution < -0.4 is 9.64 Å². The lowest BCUT2D eigenvalue weighted by Gasteiger charge is -2.30. The molecule has 0 saturated carbocycles. The van der Waals surface area contributed by atoms with Gasteiger partial charge in [0, 0.05) is 17.9 Å². The zero-order valence-electron chi connectivity index (χ0n) is 14.5. The largest absolute Gasteiger partial charge is 0.495 e. The molecule has 0 spiro atoms. The fraction of sp³-hybridized carbons (Fsp3) is 0.333. The third-order valence-corrected chi connectivity index (χ3v) is 4.45. The first kappa shape index (κ1) is 15.6. The molecule has 2 aromatic heterocycles. The van der Waals surface area contributed by atoms with E-state index in [0.29, 0.717) is 18.1 Å². The first-order chi connectivity index (χ1) is 12.1. The molecule has 1 aliphatic rings. The van der Waals surface area contributed by atoms with Crippen molar-refractivity contribution in [3.63, 3.8) is 0 Å². The zero-order valence-corrected chi connectivity index (χ0v) is 14.5. The molecular weight excluding hydrogens is 318 g/mol. The maximum Gasteiger partial charge on any atom is 0.298 e. The number of carbonyl (C=O) groups excluding carboxylic acids is 1. The van der Waals surface area contributed by atoms with Gasteiger partial charge in [0.2, 0.25) is 5.82 Å². The average Bonchev–Trinajstić information content (AvgIpc) is 3.04. The van der Waals surface area contributed by atoms with Gasteiger partial charge in [0.25, 0.3) is 11.7 Å². The van der Waals surface area contributed by atoms with Gasteiger partial charge in [-0.15, -0.1) is 5.10 Å². The van der Waals surface area contributed by atoms with E-state index in [1.807, 2.05) is 38.1 Å². The fourth-order valence-electron chi connectivity index (χ4n) is 3.36. The third-order valence-electron chi connectivity index (χ3n) is 4.45. The van der Waals surface area contributed by atoms with Crippen LogP contribution in [0.4, 0.5) is 5.69 Å². The lowest BCUT2D eigenvalue weighted by molar-refractivity contribution is 0.0974. The van der Waals surface area contributed by atoms with Crippen LogP contribution in [0.5, 0.6) is 5.75 Å². The van der Waals surface area contributed by atoms with Crippen molar-refractivity contribution in [1.82, 2.24) is 19.6 Å². The van der Waals surface area contributed by atoms with Gasteiger partial charge in [-0.1, -0.05) is 12.1 Å². The number of amides is 1. The van der Waals surface area contributed by atoms with Gasteiger partial charge in [-0.05, 0) is 44.4 Å². The van der Waals surface area contributed by atoms with Gasteiger partial charge in [0.05, 0.1) is 12.8 Å². The van der Waals surface area contributed by atoms with Crippen molar-refractivity contribution in [2.24, 2.45) is 0 Å². The molecule has 1 amide bonds. The van der Waals surface area contributed by atoms with Crippen LogP contribution in [-0.4, -0.2) is 39.1 Å². The Morgan fingerprint density at radius 2 is 2.08 bits per heavy atom. The number of aromatic nitrogens is 4. The van der Waals surface area contributed by atoms with Crippen LogP contribution in [0.15, 0.2) is 24.3 Å². The Hall–Kier alpha value is -2.96. The number of ether oxygens (including phenoxy) is 1. The molecule has 0 N–H and O–H groups in total. The number of carbonyl (C=O) groups is 1. The lowest BCUT2D eigenvalue weighted by Crippen LogP contribution is -2.36. The summed E-state index contributed by atoms with van der Waals surface area (Å²) in [6.45, 7) is 4.44. The van der Waals surface area contributed by atoms with Crippen molar-refractivity contribution in [3.05, 3.63) is 47.0 Å². The van der Waals surface area contributed by atoms with Gasteiger partial charge in [-0.25, -0.2) is 9.50 Å². The molecule has 128 valence electrons. The SMILES string of the molecule is COc1cccc2c1N(C(=O)c1nc3nc(C)cc(C)n3n1)CCC2. The number of benzene rings is 1. The summed E-state index contributed by atoms with van der Waals surface area (Å²) in [5.74, 6) is 1.06. The van der Waals surface area contributed by atoms with Crippen molar-refractivity contribution in [1.29, 1.82) is 0 Å². The standard InChI is InChI=1S/C18H19N5O2/c1-11-10-12(2)23-18(19-11)20-16(21-23)17(24)22-9-5-7-13-6-4-8-14(25-3)15(13)22/h4,6,8,10H,5,7,9H2,1-3H3. The Morgan fingerprint density at radius 3 is 2.88 bits per heavy atom. The van der Waals surface area contributed by atoms with Gasteiger partial charge in [-0.2, -0.15) is 4.98 Å². The topological polar surface area (TPSA) is 72.6 Å². The van der Waals surface area contributed by atoms with E-state index in [1.54, 1.807) is 16.5 Å². The zero-order chi connectivity index (χ0) is 17.6. The van der Waals surface area contributed by atoms with Gasteiger partial charge in [-0.3, -0.25) is 4.79 Å². The van der Waals surface area contributed by atoms with E-state index in [9.17, 15) is 4.79 Å². The molecule has 4 rings (SSSR count). The number of nitrogens with zero attached hydrogens (tertiary/aromatic N) is 5. The summed E-state index contributed by atoms with van der Waals surface area (Å²) < 4.78 is 7.07. The summed E-state index contributed by atoms with van der Waals surface area (Å²) in [5.41, 5.74) is 3.67. The number of rotatable bonds is 2. The molecule has 7 nitrogen and oxygen atoms in total. The van der Waals surface area contributed by atoms with E-state index in [0.717, 1.165) is 35.5 Å². The molecule has 1 aliphatic heterocycles. The summed E-state index contributed by atoms with van der Waals surface area (Å²) in [6.07, 6.45) is 1.82. The smallest absolute Gasteiger partial charge is 0.298 e. The fourth-order valence-corrected chi connectivity index (χ4v) is 3.36. The van der Waals surface area contributed by atoms with Gasteiger partial charge in [0.1, 0.15) is 5.75 Å². The molecule has 1 aromatic carbocycles. The summed E-state index contributed by atoms with van der Waals surface area (Å²) >= 11 is 0. The molecule has 0 unspecified atom stereocenters. The molecule has 25 heavy (non-hydrogen) atoms. The number of para-hydroxylation sites is 1. The highest BCUT2D eigenvalue weighted by Crippen LogP contribution is 2.36. The van der Waals surface area contributed by atoms with Crippen molar-refractivity contribution >= 4 is 17.4 Å². The third kappa shape index (κ3) is 2.52. The van der Waals surface area contributed by atoms with E-state index >= 15 is 0 Å². The predicted molar refractivity (Wildman–Crippen MR) is 93.2 cm³/mol. The Balaban J connectivity index is 1.80. The van der Waals surface area contributed by atoms with Crippen LogP contribution in [0.25, 0.3) is 5.78 Å². The van der Waals surface area contributed by atoms with Gasteiger partial charge >= 0.3 is 0 Å². The minimum Gasteiger partial charge on any atom is -0.495 e. The van der Waals surface area contributed by atoms with E-state index in [4.69, 9.17) is 4.74 Å². The Morgan fingerprint density at radius 1 is 1.24 bits per heavy atom. The number of anilines is 1. The van der Waals surface area contributed by atoms with Crippen molar-refractivity contribution in [3.8, 4) is 5.75 Å². The van der Waals surface area contributed by atoms with Crippen molar-refractivity contribution < 1.29 is 9.53 Å². The van der Waals surface area contributed by atoms with E-state index < -0.39 is 0 Å². The first-order valence-electron chi connectivity index (χ1n) is 8.27. The van der Waals surface area contributed by atoms with E-state index in [-0.39, 0.29) is 11.7 Å². The molecule has 7 heteroatoms. The number of hydrogen-bond acceptors (Lipinski definition) is 5. The second kappa shape index (κ2) is 5.84. The van der Waals surface area contributed by atoms with Crippen LogP contribution in [-0.2, 0) is 6.42 Å². The number of aryl methyl sites for hydroxylation is 3. The highest BCUT2D eigenvalue weighted by molar-refractivity contribution is 6.05. The van der Waals surface area contributed by atoms with Gasteiger partial charge < -0.3 is 9.64 Å². The Bertz CT molecular complexity index is 965. The highest BCUT2D eigenvalue weighted by atomic mass is 16.5. The summed E-state index contributed by atoms with van der Waals surface area (Å²) in [5, 5.41) is 4.37. The average molecular weight is 337 g/mol. The first-order valence-corrected chi connectivity index (χ1v) is 8.27. The number of fused-ring (bicyclic) bond motifs is 2. The van der Waals surface area contributed by atoms with Crippen LogP contribution >= 0.6 is 0 Å². The molecule has 3 aromatic rings. The van der Waals surface area contributed by atoms with E-state index in [2.05, 4.69) is 15.1 Å². The molecule has 0 fully saturated rings. The minimum absolute atomic E-state index is 0.153. The molecule has 3 heterocycles. The van der Waals surface area contributed by atoms with Crippen LogP contribution in [0.1, 0.15) is 34.0 Å².